The minimum atomic E-state index is -1.49. The molecule has 7 heteroatoms. The van der Waals surface area contributed by atoms with Gasteiger partial charge in [-0.2, -0.15) is 0 Å². The van der Waals surface area contributed by atoms with Crippen LogP contribution in [0, 0.1) is 20.8 Å². The number of urea groups is 1. The molecule has 1 aliphatic carbocycles. The van der Waals surface area contributed by atoms with Gasteiger partial charge < -0.3 is 15.2 Å². The summed E-state index contributed by atoms with van der Waals surface area (Å²) in [5.74, 6) is -0.472. The summed E-state index contributed by atoms with van der Waals surface area (Å²) < 4.78 is 6.02. The maximum atomic E-state index is 12.6. The summed E-state index contributed by atoms with van der Waals surface area (Å²) in [6, 6.07) is 7.81. The average Bonchev–Trinajstić information content (AvgIpc) is 3.53. The lowest BCUT2D eigenvalue weighted by Crippen LogP contribution is -2.39. The number of ether oxygens (including phenoxy) is 1. The monoisotopic (exact) mass is 436 g/mol. The van der Waals surface area contributed by atoms with E-state index in [1.807, 2.05) is 26.0 Å². The van der Waals surface area contributed by atoms with Crippen molar-refractivity contribution in [3.63, 3.8) is 0 Å². The third-order valence-electron chi connectivity index (χ3n) is 6.33. The molecule has 2 N–H and O–H groups in total. The van der Waals surface area contributed by atoms with Crippen molar-refractivity contribution in [2.45, 2.75) is 59.0 Å². The molecule has 0 unspecified atom stereocenters. The van der Waals surface area contributed by atoms with E-state index in [0.29, 0.717) is 22.9 Å². The van der Waals surface area contributed by atoms with E-state index in [2.05, 4.69) is 17.4 Å². The van der Waals surface area contributed by atoms with Crippen molar-refractivity contribution < 1.29 is 24.2 Å². The van der Waals surface area contributed by atoms with E-state index in [1.165, 1.54) is 32.3 Å². The molecule has 0 bridgehead atoms. The second kappa shape index (κ2) is 7.65. The Bertz CT molecular complexity index is 1110. The van der Waals surface area contributed by atoms with Crippen molar-refractivity contribution in [1.82, 2.24) is 5.32 Å². The highest BCUT2D eigenvalue weighted by atomic mass is 16.5. The largest absolute Gasteiger partial charge is 0.478 e. The van der Waals surface area contributed by atoms with Crippen molar-refractivity contribution in [3.8, 4) is 16.9 Å². The molecule has 4 rings (SSSR count). The summed E-state index contributed by atoms with van der Waals surface area (Å²) in [7, 11) is 0. The molecule has 1 aliphatic heterocycles. The van der Waals surface area contributed by atoms with E-state index in [1.54, 1.807) is 6.92 Å². The number of anilines is 1. The van der Waals surface area contributed by atoms with Gasteiger partial charge in [-0.15, -0.1) is 0 Å². The van der Waals surface area contributed by atoms with Gasteiger partial charge in [0.05, 0.1) is 12.2 Å². The predicted octanol–water partition coefficient (Wildman–Crippen LogP) is 4.45. The molecule has 168 valence electrons. The molecule has 2 aromatic carbocycles. The van der Waals surface area contributed by atoms with Crippen molar-refractivity contribution in [2.24, 2.45) is 0 Å². The van der Waals surface area contributed by atoms with Gasteiger partial charge in [0.15, 0.2) is 5.60 Å². The lowest BCUT2D eigenvalue weighted by molar-refractivity contribution is -0.152. The van der Waals surface area contributed by atoms with Crippen molar-refractivity contribution in [1.29, 1.82) is 0 Å². The quantitative estimate of drug-likeness (QED) is 0.652. The van der Waals surface area contributed by atoms with Crippen LogP contribution in [0.25, 0.3) is 11.1 Å². The summed E-state index contributed by atoms with van der Waals surface area (Å²) >= 11 is 0. The number of hydrogen-bond acceptors (Lipinski definition) is 4. The third-order valence-corrected chi connectivity index (χ3v) is 6.33. The van der Waals surface area contributed by atoms with E-state index in [-0.39, 0.29) is 12.5 Å². The molecule has 0 aromatic heterocycles. The second-order valence-electron chi connectivity index (χ2n) is 9.13. The molecule has 0 radical (unpaired) electrons. The number of nitrogens with zero attached hydrogens (tertiary/aromatic N) is 1. The number of carboxylic acid groups (broad SMARTS) is 1. The Balaban J connectivity index is 1.94. The molecule has 2 aromatic rings. The van der Waals surface area contributed by atoms with Crippen LogP contribution in [0.1, 0.15) is 54.9 Å². The zero-order valence-corrected chi connectivity index (χ0v) is 19.0. The predicted molar refractivity (Wildman–Crippen MR) is 121 cm³/mol. The Morgan fingerprint density at radius 1 is 1.06 bits per heavy atom. The van der Waals surface area contributed by atoms with Crippen LogP contribution in [0.5, 0.6) is 5.75 Å². The first-order valence-electron chi connectivity index (χ1n) is 10.8. The van der Waals surface area contributed by atoms with Gasteiger partial charge >= 0.3 is 12.0 Å². The van der Waals surface area contributed by atoms with Gasteiger partial charge in [-0.1, -0.05) is 24.3 Å². The van der Waals surface area contributed by atoms with E-state index in [0.717, 1.165) is 27.2 Å². The summed E-state index contributed by atoms with van der Waals surface area (Å²) in [5, 5.41) is 12.2. The maximum absolute atomic E-state index is 12.6. The van der Waals surface area contributed by atoms with E-state index in [4.69, 9.17) is 4.74 Å². The van der Waals surface area contributed by atoms with Crippen molar-refractivity contribution in [3.05, 3.63) is 46.5 Å². The van der Waals surface area contributed by atoms with E-state index < -0.39 is 17.6 Å². The fraction of sp³-hybridized carbons (Fsp3) is 0.400. The van der Waals surface area contributed by atoms with Crippen LogP contribution in [0.3, 0.4) is 0 Å². The summed E-state index contributed by atoms with van der Waals surface area (Å²) in [6.07, 6.45) is 2.42. The Morgan fingerprint density at radius 3 is 2.19 bits per heavy atom. The van der Waals surface area contributed by atoms with Crippen LogP contribution < -0.4 is 15.0 Å². The number of imide groups is 1. The molecule has 7 nitrogen and oxygen atoms in total. The fourth-order valence-electron chi connectivity index (χ4n) is 4.39. The number of rotatable bonds is 6. The first-order chi connectivity index (χ1) is 15.0. The first-order valence-corrected chi connectivity index (χ1v) is 10.8. The van der Waals surface area contributed by atoms with Gasteiger partial charge in [0.2, 0.25) is 0 Å². The fourth-order valence-corrected chi connectivity index (χ4v) is 4.39. The third kappa shape index (κ3) is 3.61. The molecule has 2 fully saturated rings. The van der Waals surface area contributed by atoms with Gasteiger partial charge in [-0.05, 0) is 81.2 Å². The van der Waals surface area contributed by atoms with Crippen LogP contribution in [0.4, 0.5) is 10.5 Å². The number of carboxylic acids is 1. The molecule has 2 aliphatic rings. The summed E-state index contributed by atoms with van der Waals surface area (Å²) in [4.78, 5) is 38.0. The molecule has 1 heterocycles. The molecule has 0 atom stereocenters. The molecule has 0 spiro atoms. The van der Waals surface area contributed by atoms with E-state index in [9.17, 15) is 19.5 Å². The highest BCUT2D eigenvalue weighted by molar-refractivity contribution is 6.21. The number of hydrogen-bond donors (Lipinski definition) is 2. The summed E-state index contributed by atoms with van der Waals surface area (Å²) in [6.45, 7) is 8.39. The van der Waals surface area contributed by atoms with Crippen LogP contribution in [0.15, 0.2) is 24.3 Å². The van der Waals surface area contributed by atoms with Gasteiger partial charge in [0.25, 0.3) is 5.91 Å². The minimum absolute atomic E-state index is 0.0756. The topological polar surface area (TPSA) is 95.9 Å². The number of benzene rings is 2. The number of carbonyl (C=O) groups is 3. The lowest BCUT2D eigenvalue weighted by atomic mass is 9.89. The summed E-state index contributed by atoms with van der Waals surface area (Å²) in [5.41, 5.74) is 4.09. The SMILES string of the molecule is Cc1c(OC(C)(C)C(=O)O)c(C)c(N2C(=O)CNC2=O)c(C)c1-c1ccc(C2CC2)cc1. The molecule has 32 heavy (non-hydrogen) atoms. The van der Waals surface area contributed by atoms with Gasteiger partial charge in [0.1, 0.15) is 5.75 Å². The number of aliphatic carboxylic acids is 1. The zero-order valence-electron chi connectivity index (χ0n) is 19.0. The minimum Gasteiger partial charge on any atom is -0.478 e. The second-order valence-corrected chi connectivity index (χ2v) is 9.13. The van der Waals surface area contributed by atoms with Crippen LogP contribution in [-0.4, -0.2) is 35.2 Å². The highest BCUT2D eigenvalue weighted by Gasteiger charge is 2.37. The number of amides is 3. The standard InChI is InChI=1S/C25H28N2O5/c1-13-20(18-10-8-17(9-11-18)16-6-7-16)14(2)22(32-25(4,5)23(29)30)15(3)21(13)27-19(28)12-26-24(27)31/h8-11,16H,6-7,12H2,1-5H3,(H,26,31)(H,29,30). The number of nitrogens with one attached hydrogen (secondary N) is 1. The van der Waals surface area contributed by atoms with Crippen LogP contribution in [0.2, 0.25) is 0 Å². The van der Waals surface area contributed by atoms with Gasteiger partial charge in [-0.25, -0.2) is 14.5 Å². The normalized spacial score (nSPS) is 16.3. The smallest absolute Gasteiger partial charge is 0.347 e. The van der Waals surface area contributed by atoms with Crippen LogP contribution in [-0.2, 0) is 9.59 Å². The van der Waals surface area contributed by atoms with Gasteiger partial charge in [-0.3, -0.25) is 4.79 Å². The first kappa shape index (κ1) is 21.9. The Morgan fingerprint density at radius 2 is 1.69 bits per heavy atom. The molecular formula is C25H28N2O5. The van der Waals surface area contributed by atoms with Crippen molar-refractivity contribution >= 4 is 23.6 Å². The molecule has 3 amide bonds. The van der Waals surface area contributed by atoms with E-state index >= 15 is 0 Å². The van der Waals surface area contributed by atoms with Crippen molar-refractivity contribution in [2.75, 3.05) is 11.4 Å². The highest BCUT2D eigenvalue weighted by Crippen LogP contribution is 2.46. The molecule has 1 saturated heterocycles. The lowest BCUT2D eigenvalue weighted by Gasteiger charge is -2.29. The Labute approximate surface area is 187 Å². The Kier molecular flexibility index (Phi) is 5.23. The average molecular weight is 437 g/mol. The van der Waals surface area contributed by atoms with Gasteiger partial charge in [0, 0.05) is 5.56 Å². The Hall–Kier alpha value is -3.35. The van der Waals surface area contributed by atoms with Crippen LogP contribution >= 0.6 is 0 Å². The zero-order chi connectivity index (χ0) is 23.4. The number of carbonyl (C=O) groups excluding carboxylic acids is 2. The maximum Gasteiger partial charge on any atom is 0.347 e. The molecular weight excluding hydrogens is 408 g/mol. The molecule has 1 saturated carbocycles.